The van der Waals surface area contributed by atoms with Crippen LogP contribution in [-0.2, 0) is 19.1 Å². The monoisotopic (exact) mass is 546 g/mol. The molecule has 10 atom stereocenters. The highest BCUT2D eigenvalue weighted by molar-refractivity contribution is 14.1. The van der Waals surface area contributed by atoms with Gasteiger partial charge >= 0.3 is 5.97 Å². The zero-order valence-corrected chi connectivity index (χ0v) is 21.6. The molecule has 4 aliphatic rings. The fraction of sp³-hybridized carbons (Fsp3) is 0.920. The Morgan fingerprint density at radius 1 is 1.06 bits per heavy atom. The molecule has 0 aliphatic heterocycles. The molecule has 4 fully saturated rings. The summed E-state index contributed by atoms with van der Waals surface area (Å²) in [6, 6.07) is 0. The number of halogens is 1. The standard InChI is InChI=1S/C25H39IO5/c1-5-30-20-11-24(3)15(10-19(20)28)6-7-16-18-9-8-17(14(2)27)25(18,4)12-21(23(16)24)31-22(29)13-26/h15-21,23,28H,5-13H2,1-4H3/t15?,16-,17+,18-,19?,20?,21?,23+,24-,25+/m0/s1. The van der Waals surface area contributed by atoms with Crippen LogP contribution in [0.15, 0.2) is 0 Å². The molecule has 0 spiro atoms. The number of aliphatic hydroxyl groups is 1. The van der Waals surface area contributed by atoms with E-state index in [0.717, 1.165) is 44.9 Å². The van der Waals surface area contributed by atoms with Crippen LogP contribution in [0.5, 0.6) is 0 Å². The van der Waals surface area contributed by atoms with Gasteiger partial charge in [0.25, 0.3) is 0 Å². The maximum atomic E-state index is 12.5. The number of Topliss-reactive ketones (excluding diaryl/α,β-unsaturated/α-hetero) is 1. The van der Waals surface area contributed by atoms with E-state index in [4.69, 9.17) is 9.47 Å². The molecule has 0 aromatic heterocycles. The Bertz CT molecular complexity index is 712. The lowest BCUT2D eigenvalue weighted by Gasteiger charge is -2.63. The van der Waals surface area contributed by atoms with Crippen molar-refractivity contribution in [1.82, 2.24) is 0 Å². The molecular weight excluding hydrogens is 507 g/mol. The highest BCUT2D eigenvalue weighted by Gasteiger charge is 2.65. The first-order chi connectivity index (χ1) is 14.7. The number of esters is 1. The van der Waals surface area contributed by atoms with Crippen LogP contribution in [-0.4, -0.2) is 46.2 Å². The van der Waals surface area contributed by atoms with Gasteiger partial charge in [0.2, 0.25) is 0 Å². The number of ether oxygens (including phenoxy) is 2. The van der Waals surface area contributed by atoms with Crippen LogP contribution in [0.1, 0.15) is 72.6 Å². The van der Waals surface area contributed by atoms with Crippen LogP contribution < -0.4 is 0 Å². The van der Waals surface area contributed by atoms with Crippen molar-refractivity contribution in [2.75, 3.05) is 11.0 Å². The zero-order chi connectivity index (χ0) is 22.6. The molecule has 5 nitrogen and oxygen atoms in total. The molecule has 31 heavy (non-hydrogen) atoms. The highest BCUT2D eigenvalue weighted by atomic mass is 127. The number of carbonyl (C=O) groups is 2. The van der Waals surface area contributed by atoms with Crippen molar-refractivity contribution in [3.8, 4) is 0 Å². The smallest absolute Gasteiger partial charge is 0.316 e. The Kier molecular flexibility index (Phi) is 6.84. The topological polar surface area (TPSA) is 72.8 Å². The van der Waals surface area contributed by atoms with Crippen molar-refractivity contribution >= 4 is 34.3 Å². The minimum absolute atomic E-state index is 0.0200. The third-order valence-electron chi connectivity index (χ3n) is 9.83. The van der Waals surface area contributed by atoms with E-state index in [9.17, 15) is 14.7 Å². The van der Waals surface area contributed by atoms with Gasteiger partial charge in [-0.1, -0.05) is 36.4 Å². The zero-order valence-electron chi connectivity index (χ0n) is 19.4. The summed E-state index contributed by atoms with van der Waals surface area (Å²) in [5, 5.41) is 10.7. The first kappa shape index (κ1) is 23.9. The Hall–Kier alpha value is -0.210. The van der Waals surface area contributed by atoms with Crippen LogP contribution in [0, 0.1) is 40.4 Å². The quantitative estimate of drug-likeness (QED) is 0.311. The number of hydrogen-bond donors (Lipinski definition) is 1. The SMILES string of the molecule is CCOC1C[C@@]2(C)C(CC[C@H]3[C@@H]4CC[C@H](C(C)=O)[C@@]4(C)CC(OC(=O)CI)[C@@H]32)CC1O. The summed E-state index contributed by atoms with van der Waals surface area (Å²) in [5.74, 6) is 1.90. The van der Waals surface area contributed by atoms with Gasteiger partial charge in [-0.05, 0) is 87.4 Å². The molecule has 0 aromatic carbocycles. The summed E-state index contributed by atoms with van der Waals surface area (Å²) in [7, 11) is 0. The largest absolute Gasteiger partial charge is 0.461 e. The Labute approximate surface area is 200 Å². The Balaban J connectivity index is 1.72. The van der Waals surface area contributed by atoms with Crippen molar-refractivity contribution in [2.45, 2.75) is 91.0 Å². The van der Waals surface area contributed by atoms with Crippen LogP contribution in [0.4, 0.5) is 0 Å². The van der Waals surface area contributed by atoms with Gasteiger partial charge in [0.15, 0.2) is 0 Å². The fourth-order valence-electron chi connectivity index (χ4n) is 8.71. The number of alkyl halides is 1. The fourth-order valence-corrected chi connectivity index (χ4v) is 8.89. The third-order valence-corrected chi connectivity index (χ3v) is 10.5. The highest BCUT2D eigenvalue weighted by Crippen LogP contribution is 2.68. The number of hydrogen-bond acceptors (Lipinski definition) is 5. The first-order valence-corrected chi connectivity index (χ1v) is 13.7. The predicted molar refractivity (Wildman–Crippen MR) is 127 cm³/mol. The van der Waals surface area contributed by atoms with Crippen molar-refractivity contribution in [1.29, 1.82) is 0 Å². The van der Waals surface area contributed by atoms with E-state index in [2.05, 4.69) is 36.4 Å². The third kappa shape index (κ3) is 3.90. The Morgan fingerprint density at radius 3 is 2.42 bits per heavy atom. The Morgan fingerprint density at radius 2 is 1.77 bits per heavy atom. The average molecular weight is 546 g/mol. The minimum Gasteiger partial charge on any atom is -0.461 e. The van der Waals surface area contributed by atoms with E-state index < -0.39 is 6.10 Å². The molecule has 1 N–H and O–H groups in total. The van der Waals surface area contributed by atoms with Crippen molar-refractivity contribution in [3.63, 3.8) is 0 Å². The molecule has 4 aliphatic carbocycles. The molecule has 176 valence electrons. The van der Waals surface area contributed by atoms with E-state index in [0.29, 0.717) is 34.6 Å². The van der Waals surface area contributed by atoms with Crippen LogP contribution >= 0.6 is 22.6 Å². The molecule has 0 radical (unpaired) electrons. The van der Waals surface area contributed by atoms with Gasteiger partial charge < -0.3 is 14.6 Å². The molecule has 4 saturated carbocycles. The molecule has 4 unspecified atom stereocenters. The van der Waals surface area contributed by atoms with E-state index in [1.165, 1.54) is 0 Å². The second-order valence-electron chi connectivity index (χ2n) is 11.2. The number of ketones is 1. The van der Waals surface area contributed by atoms with E-state index in [1.807, 2.05) is 6.92 Å². The summed E-state index contributed by atoms with van der Waals surface area (Å²) in [6.45, 7) is 8.99. The second kappa shape index (κ2) is 8.86. The van der Waals surface area contributed by atoms with Crippen LogP contribution in [0.2, 0.25) is 0 Å². The lowest BCUT2D eigenvalue weighted by atomic mass is 9.43. The van der Waals surface area contributed by atoms with Crippen LogP contribution in [0.25, 0.3) is 0 Å². The number of carbonyl (C=O) groups excluding carboxylic acids is 2. The molecule has 6 heteroatoms. The van der Waals surface area contributed by atoms with Crippen molar-refractivity contribution in [3.05, 3.63) is 0 Å². The summed E-state index contributed by atoms with van der Waals surface area (Å²) < 4.78 is 12.5. The minimum atomic E-state index is -0.410. The second-order valence-corrected chi connectivity index (χ2v) is 12.0. The molecule has 0 heterocycles. The maximum absolute atomic E-state index is 12.5. The molecule has 4 rings (SSSR count). The number of aliphatic hydroxyl groups excluding tert-OH is 1. The normalized spacial score (nSPS) is 49.0. The van der Waals surface area contributed by atoms with Crippen molar-refractivity contribution in [2.24, 2.45) is 40.4 Å². The van der Waals surface area contributed by atoms with Gasteiger partial charge in [-0.25, -0.2) is 0 Å². The first-order valence-electron chi connectivity index (χ1n) is 12.2. The summed E-state index contributed by atoms with van der Waals surface area (Å²) >= 11 is 2.08. The molecule has 0 saturated heterocycles. The average Bonchev–Trinajstić information content (AvgIpc) is 3.05. The van der Waals surface area contributed by atoms with Gasteiger partial charge in [0.05, 0.1) is 16.6 Å². The van der Waals surface area contributed by atoms with Gasteiger partial charge in [-0.15, -0.1) is 0 Å². The lowest BCUT2D eigenvalue weighted by molar-refractivity contribution is -0.212. The predicted octanol–water partition coefficient (Wildman–Crippen LogP) is 4.57. The number of rotatable bonds is 5. The van der Waals surface area contributed by atoms with Gasteiger partial charge in [0, 0.05) is 18.4 Å². The molecular formula is C25H39IO5. The van der Waals surface area contributed by atoms with Gasteiger partial charge in [-0.3, -0.25) is 9.59 Å². The molecule has 0 amide bonds. The molecule has 0 aromatic rings. The lowest BCUT2D eigenvalue weighted by Crippen LogP contribution is -2.62. The summed E-state index contributed by atoms with van der Waals surface area (Å²) in [4.78, 5) is 25.0. The number of fused-ring (bicyclic) bond motifs is 5. The van der Waals surface area contributed by atoms with E-state index in [-0.39, 0.29) is 40.8 Å². The molecule has 0 bridgehead atoms. The maximum Gasteiger partial charge on any atom is 0.316 e. The van der Waals surface area contributed by atoms with Crippen LogP contribution in [0.3, 0.4) is 0 Å². The van der Waals surface area contributed by atoms with E-state index >= 15 is 0 Å². The van der Waals surface area contributed by atoms with E-state index in [1.54, 1.807) is 6.92 Å². The van der Waals surface area contributed by atoms with Gasteiger partial charge in [-0.2, -0.15) is 0 Å². The summed E-state index contributed by atoms with van der Waals surface area (Å²) in [5.41, 5.74) is -0.103. The van der Waals surface area contributed by atoms with Crippen molar-refractivity contribution < 1.29 is 24.2 Å². The van der Waals surface area contributed by atoms with Gasteiger partial charge in [0.1, 0.15) is 11.9 Å². The summed E-state index contributed by atoms with van der Waals surface area (Å²) in [6.07, 6.45) is 5.97.